The highest BCUT2D eigenvalue weighted by molar-refractivity contribution is 7.20. The van der Waals surface area contributed by atoms with E-state index in [1.807, 2.05) is 24.3 Å². The van der Waals surface area contributed by atoms with Crippen molar-refractivity contribution in [3.05, 3.63) is 46.6 Å². The Morgan fingerprint density at radius 3 is 2.96 bits per heavy atom. The number of ether oxygens (including phenoxy) is 1. The summed E-state index contributed by atoms with van der Waals surface area (Å²) in [6, 6.07) is 7.73. The predicted octanol–water partition coefficient (Wildman–Crippen LogP) is 3.32. The van der Waals surface area contributed by atoms with Crippen molar-refractivity contribution in [3.8, 4) is 5.75 Å². The minimum absolute atomic E-state index is 0.296. The molecule has 0 atom stereocenters. The molecule has 3 rings (SSSR count). The van der Waals surface area contributed by atoms with E-state index in [2.05, 4.69) is 15.3 Å². The maximum Gasteiger partial charge on any atom is 0.346 e. The Kier molecular flexibility index (Phi) is 4.12. The third-order valence-electron chi connectivity index (χ3n) is 3.52. The van der Waals surface area contributed by atoms with Crippen molar-refractivity contribution in [1.82, 2.24) is 9.97 Å². The number of carboxylic acid groups (broad SMARTS) is 1. The van der Waals surface area contributed by atoms with Gasteiger partial charge in [0.25, 0.3) is 0 Å². The summed E-state index contributed by atoms with van der Waals surface area (Å²) in [5.74, 6) is 0.486. The first-order valence-corrected chi connectivity index (χ1v) is 7.76. The Hall–Kier alpha value is -2.67. The number of anilines is 1. The molecule has 2 heterocycles. The maximum atomic E-state index is 11.3. The normalized spacial score (nSPS) is 10.7. The molecule has 0 aliphatic heterocycles. The van der Waals surface area contributed by atoms with Crippen LogP contribution in [0.2, 0.25) is 0 Å². The molecule has 3 aromatic rings. The summed E-state index contributed by atoms with van der Waals surface area (Å²) >= 11 is 1.16. The second-order valence-corrected chi connectivity index (χ2v) is 5.97. The van der Waals surface area contributed by atoms with Crippen molar-refractivity contribution in [3.63, 3.8) is 0 Å². The van der Waals surface area contributed by atoms with Crippen LogP contribution in [0, 0.1) is 6.92 Å². The summed E-state index contributed by atoms with van der Waals surface area (Å²) in [6.07, 6.45) is 1.44. The first-order valence-electron chi connectivity index (χ1n) is 6.94. The quantitative estimate of drug-likeness (QED) is 0.747. The smallest absolute Gasteiger partial charge is 0.346 e. The van der Waals surface area contributed by atoms with Crippen molar-refractivity contribution in [2.24, 2.45) is 0 Å². The summed E-state index contributed by atoms with van der Waals surface area (Å²) in [6.45, 7) is 2.34. The second kappa shape index (κ2) is 6.21. The zero-order valence-electron chi connectivity index (χ0n) is 12.7. The van der Waals surface area contributed by atoms with Gasteiger partial charge in [0, 0.05) is 6.54 Å². The highest BCUT2D eigenvalue weighted by Gasteiger charge is 2.18. The monoisotopic (exact) mass is 329 g/mol. The van der Waals surface area contributed by atoms with Gasteiger partial charge in [-0.25, -0.2) is 14.8 Å². The second-order valence-electron chi connectivity index (χ2n) is 4.97. The van der Waals surface area contributed by atoms with Crippen LogP contribution in [0.1, 0.15) is 20.8 Å². The molecule has 23 heavy (non-hydrogen) atoms. The van der Waals surface area contributed by atoms with E-state index in [0.29, 0.717) is 27.6 Å². The minimum atomic E-state index is -0.941. The molecule has 0 unspecified atom stereocenters. The highest BCUT2D eigenvalue weighted by Crippen LogP contribution is 2.33. The summed E-state index contributed by atoms with van der Waals surface area (Å²) in [7, 11) is 1.63. The number of fused-ring (bicyclic) bond motifs is 1. The number of carbonyl (C=O) groups is 1. The Bertz CT molecular complexity index is 876. The lowest BCUT2D eigenvalue weighted by atomic mass is 10.2. The van der Waals surface area contributed by atoms with Gasteiger partial charge in [-0.3, -0.25) is 0 Å². The first-order chi connectivity index (χ1) is 11.1. The van der Waals surface area contributed by atoms with Gasteiger partial charge in [0.15, 0.2) is 0 Å². The maximum absolute atomic E-state index is 11.3. The van der Waals surface area contributed by atoms with E-state index in [9.17, 15) is 9.90 Å². The van der Waals surface area contributed by atoms with Gasteiger partial charge in [-0.15, -0.1) is 11.3 Å². The molecule has 2 aromatic heterocycles. The number of nitrogens with zero attached hydrogens (tertiary/aromatic N) is 2. The standard InChI is InChI=1S/C16H15N3O3S/c1-9-12-14(17-7-10-4-3-5-11(6-10)22-2)18-8-19-15(12)23-13(9)16(20)21/h3-6,8H,7H2,1-2H3,(H,20,21)(H,17,18,19). The highest BCUT2D eigenvalue weighted by atomic mass is 32.1. The zero-order chi connectivity index (χ0) is 16.4. The Morgan fingerprint density at radius 2 is 2.22 bits per heavy atom. The van der Waals surface area contributed by atoms with Crippen LogP contribution in [0.5, 0.6) is 5.75 Å². The molecular formula is C16H15N3O3S. The van der Waals surface area contributed by atoms with E-state index in [1.165, 1.54) is 6.33 Å². The summed E-state index contributed by atoms with van der Waals surface area (Å²) < 4.78 is 5.21. The van der Waals surface area contributed by atoms with Crippen LogP contribution < -0.4 is 10.1 Å². The number of methoxy groups -OCH3 is 1. The first kappa shape index (κ1) is 15.2. The topological polar surface area (TPSA) is 84.3 Å². The van der Waals surface area contributed by atoms with E-state index in [1.54, 1.807) is 14.0 Å². The van der Waals surface area contributed by atoms with Crippen molar-refractivity contribution >= 4 is 33.3 Å². The molecule has 0 aliphatic rings. The molecule has 0 saturated heterocycles. The van der Waals surface area contributed by atoms with Crippen molar-refractivity contribution in [2.45, 2.75) is 13.5 Å². The van der Waals surface area contributed by atoms with Crippen LogP contribution in [0.3, 0.4) is 0 Å². The predicted molar refractivity (Wildman–Crippen MR) is 89.4 cm³/mol. The number of hydrogen-bond acceptors (Lipinski definition) is 6. The lowest BCUT2D eigenvalue weighted by Gasteiger charge is -2.08. The van der Waals surface area contributed by atoms with Crippen LogP contribution in [-0.2, 0) is 6.54 Å². The molecular weight excluding hydrogens is 314 g/mol. The summed E-state index contributed by atoms with van der Waals surface area (Å²) in [4.78, 5) is 20.7. The fraction of sp³-hybridized carbons (Fsp3) is 0.188. The molecule has 118 valence electrons. The molecule has 0 bridgehead atoms. The third-order valence-corrected chi connectivity index (χ3v) is 4.70. The number of aromatic nitrogens is 2. The number of nitrogens with one attached hydrogen (secondary N) is 1. The molecule has 7 heteroatoms. The average Bonchev–Trinajstić information content (AvgIpc) is 2.91. The number of aryl methyl sites for hydroxylation is 1. The number of thiophene rings is 1. The fourth-order valence-electron chi connectivity index (χ4n) is 2.38. The number of benzene rings is 1. The molecule has 6 nitrogen and oxygen atoms in total. The molecule has 2 N–H and O–H groups in total. The molecule has 0 fully saturated rings. The number of carboxylic acids is 1. The number of rotatable bonds is 5. The van der Waals surface area contributed by atoms with Crippen LogP contribution in [0.25, 0.3) is 10.2 Å². The fourth-order valence-corrected chi connectivity index (χ4v) is 3.37. The van der Waals surface area contributed by atoms with Crippen LogP contribution in [0.15, 0.2) is 30.6 Å². The molecule has 0 radical (unpaired) electrons. The average molecular weight is 329 g/mol. The van der Waals surface area contributed by atoms with Gasteiger partial charge in [-0.05, 0) is 30.2 Å². The van der Waals surface area contributed by atoms with Crippen molar-refractivity contribution in [1.29, 1.82) is 0 Å². The minimum Gasteiger partial charge on any atom is -0.497 e. The molecule has 0 saturated carbocycles. The largest absolute Gasteiger partial charge is 0.497 e. The van der Waals surface area contributed by atoms with Crippen molar-refractivity contribution in [2.75, 3.05) is 12.4 Å². The Morgan fingerprint density at radius 1 is 1.39 bits per heavy atom. The summed E-state index contributed by atoms with van der Waals surface area (Å²) in [5, 5.41) is 13.3. The SMILES string of the molecule is COc1cccc(CNc2ncnc3sc(C(=O)O)c(C)c23)c1. The van der Waals surface area contributed by atoms with Gasteiger partial charge in [-0.2, -0.15) is 0 Å². The van der Waals surface area contributed by atoms with E-state index >= 15 is 0 Å². The summed E-state index contributed by atoms with van der Waals surface area (Å²) in [5.41, 5.74) is 1.73. The van der Waals surface area contributed by atoms with Crippen LogP contribution in [0.4, 0.5) is 5.82 Å². The number of hydrogen-bond donors (Lipinski definition) is 2. The van der Waals surface area contributed by atoms with Gasteiger partial charge in [-0.1, -0.05) is 12.1 Å². The van der Waals surface area contributed by atoms with Gasteiger partial charge >= 0.3 is 5.97 Å². The molecule has 0 aliphatic carbocycles. The van der Waals surface area contributed by atoms with Gasteiger partial charge in [0.2, 0.25) is 0 Å². The van der Waals surface area contributed by atoms with E-state index < -0.39 is 5.97 Å². The number of aromatic carboxylic acids is 1. The van der Waals surface area contributed by atoms with Crippen molar-refractivity contribution < 1.29 is 14.6 Å². The molecule has 1 aromatic carbocycles. The van der Waals surface area contributed by atoms with Gasteiger partial charge < -0.3 is 15.2 Å². The van der Waals surface area contributed by atoms with E-state index in [4.69, 9.17) is 4.74 Å². The Balaban J connectivity index is 1.92. The Labute approximate surface area is 136 Å². The third kappa shape index (κ3) is 2.95. The lowest BCUT2D eigenvalue weighted by Crippen LogP contribution is -2.03. The van der Waals surface area contributed by atoms with Gasteiger partial charge in [0.05, 0.1) is 12.5 Å². The van der Waals surface area contributed by atoms with E-state index in [-0.39, 0.29) is 0 Å². The zero-order valence-corrected chi connectivity index (χ0v) is 13.5. The lowest BCUT2D eigenvalue weighted by molar-refractivity contribution is 0.0701. The van der Waals surface area contributed by atoms with Gasteiger partial charge in [0.1, 0.15) is 27.6 Å². The van der Waals surface area contributed by atoms with E-state index in [0.717, 1.165) is 28.0 Å². The van der Waals surface area contributed by atoms with Crippen LogP contribution in [-0.4, -0.2) is 28.2 Å². The molecule has 0 spiro atoms. The van der Waals surface area contributed by atoms with Crippen LogP contribution >= 0.6 is 11.3 Å². The molecule has 0 amide bonds.